The summed E-state index contributed by atoms with van der Waals surface area (Å²) in [6.45, 7) is 1.93. The average molecular weight is 351 g/mol. The molecular formula is C17H16ClFN2O3. The lowest BCUT2D eigenvalue weighted by atomic mass is 10.0. The van der Waals surface area contributed by atoms with Crippen molar-refractivity contribution in [3.05, 3.63) is 64.7 Å². The minimum absolute atomic E-state index is 0.0706. The number of carbonyl (C=O) groups is 2. The third-order valence-corrected chi connectivity index (χ3v) is 3.44. The number of hydrogen-bond acceptors (Lipinski definition) is 4. The molecule has 126 valence electrons. The molecule has 2 aromatic rings. The molecule has 0 aliphatic heterocycles. The van der Waals surface area contributed by atoms with Gasteiger partial charge in [0.25, 0.3) is 5.91 Å². The lowest BCUT2D eigenvalue weighted by Gasteiger charge is -2.18. The number of nitrogens with one attached hydrogen (secondary N) is 1. The van der Waals surface area contributed by atoms with Gasteiger partial charge in [-0.2, -0.15) is 0 Å². The van der Waals surface area contributed by atoms with Crippen molar-refractivity contribution in [1.29, 1.82) is 0 Å². The normalized spacial score (nSPS) is 11.6. The van der Waals surface area contributed by atoms with E-state index in [9.17, 15) is 14.0 Å². The second-order valence-corrected chi connectivity index (χ2v) is 5.38. The van der Waals surface area contributed by atoms with E-state index >= 15 is 0 Å². The molecule has 0 aliphatic carbocycles. The van der Waals surface area contributed by atoms with Crippen molar-refractivity contribution in [3.8, 4) is 0 Å². The number of ether oxygens (including phenoxy) is 1. The summed E-state index contributed by atoms with van der Waals surface area (Å²) in [5.74, 6) is -1.33. The first-order valence-corrected chi connectivity index (χ1v) is 7.71. The largest absolute Gasteiger partial charge is 0.466 e. The molecule has 0 saturated heterocycles. The van der Waals surface area contributed by atoms with E-state index < -0.39 is 23.7 Å². The van der Waals surface area contributed by atoms with Crippen molar-refractivity contribution < 1.29 is 18.7 Å². The zero-order chi connectivity index (χ0) is 17.5. The van der Waals surface area contributed by atoms with Crippen LogP contribution >= 0.6 is 11.6 Å². The summed E-state index contributed by atoms with van der Waals surface area (Å²) in [6.07, 6.45) is 1.29. The van der Waals surface area contributed by atoms with Crippen LogP contribution in [0, 0.1) is 5.82 Å². The lowest BCUT2D eigenvalue weighted by Crippen LogP contribution is -2.31. The second-order valence-electron chi connectivity index (χ2n) is 4.95. The Kier molecular flexibility index (Phi) is 6.26. The Morgan fingerprint density at radius 3 is 2.54 bits per heavy atom. The summed E-state index contributed by atoms with van der Waals surface area (Å²) in [7, 11) is 0. The Bertz CT molecular complexity index is 705. The van der Waals surface area contributed by atoms with Gasteiger partial charge < -0.3 is 10.1 Å². The van der Waals surface area contributed by atoms with Crippen LogP contribution in [0.1, 0.15) is 35.4 Å². The minimum Gasteiger partial charge on any atom is -0.466 e. The molecule has 1 aromatic heterocycles. The second kappa shape index (κ2) is 8.40. The third kappa shape index (κ3) is 5.03. The van der Waals surface area contributed by atoms with Crippen LogP contribution in [0.2, 0.25) is 5.02 Å². The number of amides is 1. The van der Waals surface area contributed by atoms with Crippen molar-refractivity contribution >= 4 is 23.5 Å². The quantitative estimate of drug-likeness (QED) is 0.812. The van der Waals surface area contributed by atoms with E-state index in [-0.39, 0.29) is 18.7 Å². The van der Waals surface area contributed by atoms with Gasteiger partial charge in [-0.3, -0.25) is 9.59 Å². The minimum atomic E-state index is -0.658. The highest BCUT2D eigenvalue weighted by atomic mass is 35.5. The molecule has 7 heteroatoms. The van der Waals surface area contributed by atoms with Gasteiger partial charge in [-0.05, 0) is 36.8 Å². The van der Waals surface area contributed by atoms with Crippen LogP contribution in [0.25, 0.3) is 0 Å². The molecule has 1 amide bonds. The topological polar surface area (TPSA) is 68.3 Å². The van der Waals surface area contributed by atoms with Crippen LogP contribution in [-0.2, 0) is 9.53 Å². The number of esters is 1. The number of rotatable bonds is 6. The maximum Gasteiger partial charge on any atom is 0.308 e. The highest BCUT2D eigenvalue weighted by molar-refractivity contribution is 6.30. The SMILES string of the molecule is CCOC(=O)CC(NC(=O)c1ccc(Cl)cn1)c1ccc(F)cc1. The van der Waals surface area contributed by atoms with E-state index in [0.717, 1.165) is 0 Å². The molecule has 1 unspecified atom stereocenters. The van der Waals surface area contributed by atoms with Gasteiger partial charge in [0.05, 0.1) is 24.1 Å². The van der Waals surface area contributed by atoms with E-state index in [1.54, 1.807) is 13.0 Å². The first-order valence-electron chi connectivity index (χ1n) is 7.33. The van der Waals surface area contributed by atoms with Crippen LogP contribution in [0.3, 0.4) is 0 Å². The van der Waals surface area contributed by atoms with Crippen molar-refractivity contribution in [2.75, 3.05) is 6.61 Å². The Morgan fingerprint density at radius 2 is 1.96 bits per heavy atom. The summed E-state index contributed by atoms with van der Waals surface area (Å²) in [6, 6.07) is 7.91. The first kappa shape index (κ1) is 17.9. The van der Waals surface area contributed by atoms with Gasteiger partial charge in [-0.15, -0.1) is 0 Å². The molecule has 1 aromatic carbocycles. The molecule has 0 spiro atoms. The van der Waals surface area contributed by atoms with Gasteiger partial charge in [-0.1, -0.05) is 23.7 Å². The van der Waals surface area contributed by atoms with Gasteiger partial charge in [0.2, 0.25) is 0 Å². The van der Waals surface area contributed by atoms with Crippen molar-refractivity contribution in [2.24, 2.45) is 0 Å². The van der Waals surface area contributed by atoms with Crippen LogP contribution in [0.4, 0.5) is 4.39 Å². The Hall–Kier alpha value is -2.47. The van der Waals surface area contributed by atoms with E-state index in [2.05, 4.69) is 10.3 Å². The summed E-state index contributed by atoms with van der Waals surface area (Å²) >= 11 is 5.75. The maximum atomic E-state index is 13.1. The van der Waals surface area contributed by atoms with Crippen molar-refractivity contribution in [3.63, 3.8) is 0 Å². The van der Waals surface area contributed by atoms with E-state index in [4.69, 9.17) is 16.3 Å². The number of benzene rings is 1. The molecule has 0 fully saturated rings. The van der Waals surface area contributed by atoms with E-state index in [1.165, 1.54) is 36.5 Å². The predicted octanol–water partition coefficient (Wildman–Crippen LogP) is 3.30. The van der Waals surface area contributed by atoms with Gasteiger partial charge >= 0.3 is 5.97 Å². The molecule has 0 bridgehead atoms. The van der Waals surface area contributed by atoms with Gasteiger partial charge in [0, 0.05) is 6.20 Å². The zero-order valence-electron chi connectivity index (χ0n) is 13.0. The average Bonchev–Trinajstić information content (AvgIpc) is 2.55. The van der Waals surface area contributed by atoms with E-state index in [0.29, 0.717) is 10.6 Å². The molecule has 2 rings (SSSR count). The summed E-state index contributed by atoms with van der Waals surface area (Å²) < 4.78 is 18.0. The number of aromatic nitrogens is 1. The Balaban J connectivity index is 2.18. The number of hydrogen-bond donors (Lipinski definition) is 1. The molecule has 0 saturated carbocycles. The van der Waals surface area contributed by atoms with Gasteiger partial charge in [0.15, 0.2) is 0 Å². The molecule has 1 N–H and O–H groups in total. The Labute approximate surface area is 143 Å². The highest BCUT2D eigenvalue weighted by Crippen LogP contribution is 2.19. The highest BCUT2D eigenvalue weighted by Gasteiger charge is 2.20. The number of carbonyl (C=O) groups excluding carboxylic acids is 2. The third-order valence-electron chi connectivity index (χ3n) is 3.21. The molecule has 1 heterocycles. The molecule has 0 radical (unpaired) electrons. The van der Waals surface area contributed by atoms with Crippen LogP contribution in [0.15, 0.2) is 42.6 Å². The van der Waals surface area contributed by atoms with Gasteiger partial charge in [0.1, 0.15) is 11.5 Å². The maximum absolute atomic E-state index is 13.1. The van der Waals surface area contributed by atoms with Crippen molar-refractivity contribution in [2.45, 2.75) is 19.4 Å². The van der Waals surface area contributed by atoms with Gasteiger partial charge in [-0.25, -0.2) is 9.37 Å². The lowest BCUT2D eigenvalue weighted by molar-refractivity contribution is -0.143. The summed E-state index contributed by atoms with van der Waals surface area (Å²) in [4.78, 5) is 28.0. The fourth-order valence-electron chi connectivity index (χ4n) is 2.08. The standard InChI is InChI=1S/C17H16ClFN2O3/c1-2-24-16(22)9-15(11-3-6-13(19)7-4-11)21-17(23)14-8-5-12(18)10-20-14/h3-8,10,15H,2,9H2,1H3,(H,21,23). The van der Waals surface area contributed by atoms with Crippen LogP contribution < -0.4 is 5.32 Å². The molecule has 24 heavy (non-hydrogen) atoms. The summed E-state index contributed by atoms with van der Waals surface area (Å²) in [5, 5.41) is 3.12. The van der Waals surface area contributed by atoms with Crippen molar-refractivity contribution in [1.82, 2.24) is 10.3 Å². The molecular weight excluding hydrogens is 335 g/mol. The zero-order valence-corrected chi connectivity index (χ0v) is 13.7. The number of nitrogens with zero attached hydrogens (tertiary/aromatic N) is 1. The fourth-order valence-corrected chi connectivity index (χ4v) is 2.19. The first-order chi connectivity index (χ1) is 11.5. The Morgan fingerprint density at radius 1 is 1.25 bits per heavy atom. The monoisotopic (exact) mass is 350 g/mol. The molecule has 0 aliphatic rings. The van der Waals surface area contributed by atoms with Crippen LogP contribution in [0.5, 0.6) is 0 Å². The van der Waals surface area contributed by atoms with E-state index in [1.807, 2.05) is 0 Å². The number of halogens is 2. The molecule has 1 atom stereocenters. The molecule has 5 nitrogen and oxygen atoms in total. The van der Waals surface area contributed by atoms with Crippen LogP contribution in [-0.4, -0.2) is 23.5 Å². The smallest absolute Gasteiger partial charge is 0.308 e. The fraction of sp³-hybridized carbons (Fsp3) is 0.235. The summed E-state index contributed by atoms with van der Waals surface area (Å²) in [5.41, 5.74) is 0.752. The number of pyridine rings is 1. The predicted molar refractivity (Wildman–Crippen MR) is 87.1 cm³/mol.